The van der Waals surface area contributed by atoms with E-state index in [-0.39, 0.29) is 5.97 Å². The summed E-state index contributed by atoms with van der Waals surface area (Å²) in [4.78, 5) is 12.0. The number of hydrogen-bond acceptors (Lipinski definition) is 3. The van der Waals surface area contributed by atoms with Gasteiger partial charge in [-0.1, -0.05) is 24.1 Å². The van der Waals surface area contributed by atoms with Crippen molar-refractivity contribution in [3.63, 3.8) is 0 Å². The van der Waals surface area contributed by atoms with E-state index in [0.717, 1.165) is 16.7 Å². The van der Waals surface area contributed by atoms with E-state index in [2.05, 4.69) is 11.2 Å². The van der Waals surface area contributed by atoms with Crippen molar-refractivity contribution in [3.8, 4) is 12.3 Å². The predicted molar refractivity (Wildman–Crippen MR) is 72.1 cm³/mol. The van der Waals surface area contributed by atoms with Gasteiger partial charge in [0.05, 0.1) is 13.2 Å². The Morgan fingerprint density at radius 2 is 2.22 bits per heavy atom. The first-order valence-corrected chi connectivity index (χ1v) is 6.01. The average Bonchev–Trinajstić information content (AvgIpc) is 2.35. The Bertz CT molecular complexity index is 460. The molecule has 0 saturated carbocycles. The summed E-state index contributed by atoms with van der Waals surface area (Å²) in [5, 5.41) is 3.03. The SMILES string of the molecule is C#CCNC(C(=O)OCC)c1cccc(C)c1C. The van der Waals surface area contributed by atoms with Crippen LogP contribution in [0.5, 0.6) is 0 Å². The summed E-state index contributed by atoms with van der Waals surface area (Å²) in [7, 11) is 0. The maximum Gasteiger partial charge on any atom is 0.327 e. The van der Waals surface area contributed by atoms with Crippen LogP contribution in [0.4, 0.5) is 0 Å². The first-order valence-electron chi connectivity index (χ1n) is 6.01. The molecule has 0 radical (unpaired) electrons. The molecular formula is C15H19NO2. The molecule has 0 saturated heterocycles. The van der Waals surface area contributed by atoms with Gasteiger partial charge in [0.1, 0.15) is 6.04 Å². The second-order valence-corrected chi connectivity index (χ2v) is 4.06. The highest BCUT2D eigenvalue weighted by Gasteiger charge is 2.22. The fourth-order valence-electron chi connectivity index (χ4n) is 1.79. The van der Waals surface area contributed by atoms with Crippen LogP contribution in [-0.4, -0.2) is 19.1 Å². The number of terminal acetylenes is 1. The third kappa shape index (κ3) is 3.35. The van der Waals surface area contributed by atoms with E-state index >= 15 is 0 Å². The minimum Gasteiger partial charge on any atom is -0.465 e. The van der Waals surface area contributed by atoms with Crippen molar-refractivity contribution in [2.24, 2.45) is 0 Å². The maximum atomic E-state index is 12.0. The lowest BCUT2D eigenvalue weighted by Crippen LogP contribution is -2.31. The van der Waals surface area contributed by atoms with Crippen LogP contribution in [-0.2, 0) is 9.53 Å². The Morgan fingerprint density at radius 1 is 1.50 bits per heavy atom. The maximum absolute atomic E-state index is 12.0. The van der Waals surface area contributed by atoms with Crippen LogP contribution in [0.3, 0.4) is 0 Å². The van der Waals surface area contributed by atoms with Crippen LogP contribution >= 0.6 is 0 Å². The van der Waals surface area contributed by atoms with Gasteiger partial charge in [-0.05, 0) is 37.5 Å². The van der Waals surface area contributed by atoms with E-state index in [0.29, 0.717) is 13.2 Å². The average molecular weight is 245 g/mol. The number of aryl methyl sites for hydroxylation is 1. The van der Waals surface area contributed by atoms with Gasteiger partial charge in [-0.15, -0.1) is 6.42 Å². The molecule has 96 valence electrons. The van der Waals surface area contributed by atoms with Crippen LogP contribution in [0, 0.1) is 26.2 Å². The van der Waals surface area contributed by atoms with Gasteiger partial charge in [0.25, 0.3) is 0 Å². The van der Waals surface area contributed by atoms with Crippen LogP contribution in [0.2, 0.25) is 0 Å². The number of hydrogen-bond donors (Lipinski definition) is 1. The van der Waals surface area contributed by atoms with Crippen molar-refractivity contribution >= 4 is 5.97 Å². The second kappa shape index (κ2) is 6.83. The molecule has 18 heavy (non-hydrogen) atoms. The number of benzene rings is 1. The Morgan fingerprint density at radius 3 is 2.83 bits per heavy atom. The molecule has 1 unspecified atom stereocenters. The van der Waals surface area contributed by atoms with Gasteiger partial charge in [-0.3, -0.25) is 5.32 Å². The summed E-state index contributed by atoms with van der Waals surface area (Å²) in [6.07, 6.45) is 5.23. The van der Waals surface area contributed by atoms with Gasteiger partial charge in [-0.2, -0.15) is 0 Å². The number of carbonyl (C=O) groups excluding carboxylic acids is 1. The lowest BCUT2D eigenvalue weighted by Gasteiger charge is -2.19. The van der Waals surface area contributed by atoms with Crippen molar-refractivity contribution in [3.05, 3.63) is 34.9 Å². The fourth-order valence-corrected chi connectivity index (χ4v) is 1.79. The lowest BCUT2D eigenvalue weighted by atomic mass is 9.97. The summed E-state index contributed by atoms with van der Waals surface area (Å²) in [6, 6.07) is 5.37. The molecule has 3 heteroatoms. The first kappa shape index (κ1) is 14.3. The second-order valence-electron chi connectivity index (χ2n) is 4.06. The standard InChI is InChI=1S/C15H19NO2/c1-5-10-16-14(15(17)18-6-2)13-9-7-8-11(3)12(13)4/h1,7-9,14,16H,6,10H2,2-4H3. The predicted octanol–water partition coefficient (Wildman–Crippen LogP) is 2.13. The van der Waals surface area contributed by atoms with Gasteiger partial charge in [0.2, 0.25) is 0 Å². The third-order valence-corrected chi connectivity index (χ3v) is 2.89. The first-order chi connectivity index (χ1) is 8.61. The molecule has 0 aromatic heterocycles. The molecule has 1 atom stereocenters. The highest BCUT2D eigenvalue weighted by molar-refractivity contribution is 5.78. The lowest BCUT2D eigenvalue weighted by molar-refractivity contribution is -0.145. The van der Waals surface area contributed by atoms with Gasteiger partial charge >= 0.3 is 5.97 Å². The molecule has 0 heterocycles. The number of rotatable bonds is 5. The van der Waals surface area contributed by atoms with Crippen LogP contribution in [0.1, 0.15) is 29.7 Å². The zero-order chi connectivity index (χ0) is 13.5. The topological polar surface area (TPSA) is 38.3 Å². The molecule has 1 rings (SSSR count). The summed E-state index contributed by atoms with van der Waals surface area (Å²) in [5.41, 5.74) is 3.15. The zero-order valence-corrected chi connectivity index (χ0v) is 11.1. The number of nitrogens with one attached hydrogen (secondary N) is 1. The van der Waals surface area contributed by atoms with Gasteiger partial charge < -0.3 is 4.74 Å². The Kier molecular flexibility index (Phi) is 5.41. The van der Waals surface area contributed by atoms with Crippen LogP contribution in [0.25, 0.3) is 0 Å². The van der Waals surface area contributed by atoms with Crippen molar-refractivity contribution in [2.75, 3.05) is 13.2 Å². The summed E-state index contributed by atoms with van der Waals surface area (Å²) in [6.45, 7) is 6.49. The van der Waals surface area contributed by atoms with Gasteiger partial charge in [0, 0.05) is 0 Å². The number of ether oxygens (including phenoxy) is 1. The number of carbonyl (C=O) groups is 1. The van der Waals surface area contributed by atoms with Crippen molar-refractivity contribution in [1.82, 2.24) is 5.32 Å². The van der Waals surface area contributed by atoms with E-state index < -0.39 is 6.04 Å². The molecule has 0 aliphatic heterocycles. The minimum atomic E-state index is -0.499. The Balaban J connectivity index is 3.05. The van der Waals surface area contributed by atoms with Crippen molar-refractivity contribution in [1.29, 1.82) is 0 Å². The van der Waals surface area contributed by atoms with E-state index in [1.54, 1.807) is 6.92 Å². The monoisotopic (exact) mass is 245 g/mol. The molecule has 0 spiro atoms. The van der Waals surface area contributed by atoms with E-state index in [9.17, 15) is 4.79 Å². The highest BCUT2D eigenvalue weighted by atomic mass is 16.5. The van der Waals surface area contributed by atoms with Crippen molar-refractivity contribution in [2.45, 2.75) is 26.8 Å². The van der Waals surface area contributed by atoms with Crippen LogP contribution in [0.15, 0.2) is 18.2 Å². The van der Waals surface area contributed by atoms with Crippen LogP contribution < -0.4 is 5.32 Å². The molecule has 1 N–H and O–H groups in total. The minimum absolute atomic E-state index is 0.290. The molecule has 0 amide bonds. The number of esters is 1. The fraction of sp³-hybridized carbons (Fsp3) is 0.400. The summed E-state index contributed by atoms with van der Waals surface area (Å²) >= 11 is 0. The quantitative estimate of drug-likeness (QED) is 0.638. The molecule has 1 aromatic carbocycles. The summed E-state index contributed by atoms with van der Waals surface area (Å²) in [5.74, 6) is 2.19. The smallest absolute Gasteiger partial charge is 0.327 e. The highest BCUT2D eigenvalue weighted by Crippen LogP contribution is 2.21. The molecule has 0 aliphatic rings. The van der Waals surface area contributed by atoms with Gasteiger partial charge in [-0.25, -0.2) is 4.79 Å². The van der Waals surface area contributed by atoms with E-state index in [4.69, 9.17) is 11.2 Å². The largest absolute Gasteiger partial charge is 0.465 e. The van der Waals surface area contributed by atoms with Gasteiger partial charge in [0.15, 0.2) is 0 Å². The normalized spacial score (nSPS) is 11.7. The molecule has 0 aliphatic carbocycles. The molecule has 3 nitrogen and oxygen atoms in total. The molecule has 1 aromatic rings. The zero-order valence-electron chi connectivity index (χ0n) is 11.1. The molecular weight excluding hydrogens is 226 g/mol. The van der Waals surface area contributed by atoms with E-state index in [1.165, 1.54) is 0 Å². The molecule has 0 fully saturated rings. The Labute approximate surface area is 109 Å². The summed E-state index contributed by atoms with van der Waals surface area (Å²) < 4.78 is 5.08. The Hall–Kier alpha value is -1.79. The van der Waals surface area contributed by atoms with Crippen molar-refractivity contribution < 1.29 is 9.53 Å². The van der Waals surface area contributed by atoms with E-state index in [1.807, 2.05) is 32.0 Å². The third-order valence-electron chi connectivity index (χ3n) is 2.89. The molecule has 0 bridgehead atoms.